The first kappa shape index (κ1) is 16.0. The highest BCUT2D eigenvalue weighted by molar-refractivity contribution is 5.99. The van der Waals surface area contributed by atoms with Crippen LogP contribution >= 0.6 is 0 Å². The topological polar surface area (TPSA) is 88.1 Å². The van der Waals surface area contributed by atoms with Crippen molar-refractivity contribution in [3.63, 3.8) is 0 Å². The van der Waals surface area contributed by atoms with Gasteiger partial charge in [0.1, 0.15) is 0 Å². The SMILES string of the molecule is CC(Cn1ccnc1)NC(=O)NC(C)c1ccc2c(c1)CC(=O)N2. The first-order chi connectivity index (χ1) is 11.5. The predicted molar refractivity (Wildman–Crippen MR) is 90.5 cm³/mol. The molecule has 24 heavy (non-hydrogen) atoms. The van der Waals surface area contributed by atoms with Crippen LogP contribution in [0.5, 0.6) is 0 Å². The molecule has 2 unspecified atom stereocenters. The van der Waals surface area contributed by atoms with Crippen LogP contribution in [0.1, 0.15) is 31.0 Å². The van der Waals surface area contributed by atoms with Gasteiger partial charge in [0.15, 0.2) is 0 Å². The molecule has 3 amide bonds. The van der Waals surface area contributed by atoms with Gasteiger partial charge in [0.25, 0.3) is 0 Å². The zero-order valence-corrected chi connectivity index (χ0v) is 13.7. The summed E-state index contributed by atoms with van der Waals surface area (Å²) >= 11 is 0. The van der Waals surface area contributed by atoms with Gasteiger partial charge in [-0.05, 0) is 31.0 Å². The number of aromatic nitrogens is 2. The van der Waals surface area contributed by atoms with Gasteiger partial charge < -0.3 is 20.5 Å². The number of anilines is 1. The number of rotatable bonds is 5. The summed E-state index contributed by atoms with van der Waals surface area (Å²) in [5.74, 6) is 0.00818. The van der Waals surface area contributed by atoms with E-state index in [0.29, 0.717) is 13.0 Å². The normalized spacial score (nSPS) is 15.3. The molecule has 3 N–H and O–H groups in total. The quantitative estimate of drug-likeness (QED) is 0.783. The maximum absolute atomic E-state index is 12.1. The van der Waals surface area contributed by atoms with Crippen molar-refractivity contribution in [2.24, 2.45) is 0 Å². The summed E-state index contributed by atoms with van der Waals surface area (Å²) in [5.41, 5.74) is 2.80. The van der Waals surface area contributed by atoms with E-state index < -0.39 is 0 Å². The molecule has 7 nitrogen and oxygen atoms in total. The number of urea groups is 1. The van der Waals surface area contributed by atoms with E-state index in [1.54, 1.807) is 12.5 Å². The Morgan fingerprint density at radius 3 is 2.96 bits per heavy atom. The molecule has 1 aliphatic heterocycles. The fourth-order valence-electron chi connectivity index (χ4n) is 2.82. The molecule has 3 rings (SSSR count). The van der Waals surface area contributed by atoms with Gasteiger partial charge in [-0.2, -0.15) is 0 Å². The summed E-state index contributed by atoms with van der Waals surface area (Å²) in [5, 5.41) is 8.65. The summed E-state index contributed by atoms with van der Waals surface area (Å²) in [6.07, 6.45) is 5.68. The van der Waals surface area contributed by atoms with Crippen LogP contribution in [0, 0.1) is 0 Å². The van der Waals surface area contributed by atoms with Crippen LogP contribution in [0.3, 0.4) is 0 Å². The van der Waals surface area contributed by atoms with Gasteiger partial charge in [0, 0.05) is 30.7 Å². The Morgan fingerprint density at radius 2 is 2.21 bits per heavy atom. The zero-order chi connectivity index (χ0) is 17.1. The first-order valence-corrected chi connectivity index (χ1v) is 7.96. The van der Waals surface area contributed by atoms with Crippen LogP contribution < -0.4 is 16.0 Å². The van der Waals surface area contributed by atoms with Gasteiger partial charge in [-0.25, -0.2) is 9.78 Å². The Morgan fingerprint density at radius 1 is 1.38 bits per heavy atom. The number of benzene rings is 1. The number of hydrogen-bond donors (Lipinski definition) is 3. The molecule has 0 spiro atoms. The highest BCUT2D eigenvalue weighted by Gasteiger charge is 2.19. The Balaban J connectivity index is 1.54. The summed E-state index contributed by atoms with van der Waals surface area (Å²) in [7, 11) is 0. The van der Waals surface area contributed by atoms with Gasteiger partial charge >= 0.3 is 6.03 Å². The molecule has 2 heterocycles. The first-order valence-electron chi connectivity index (χ1n) is 7.96. The van der Waals surface area contributed by atoms with Gasteiger partial charge in [-0.3, -0.25) is 4.79 Å². The number of fused-ring (bicyclic) bond motifs is 1. The molecule has 0 bridgehead atoms. The maximum atomic E-state index is 12.1. The van der Waals surface area contributed by atoms with Crippen LogP contribution in [0.15, 0.2) is 36.9 Å². The largest absolute Gasteiger partial charge is 0.335 e. The van der Waals surface area contributed by atoms with Crippen molar-refractivity contribution >= 4 is 17.6 Å². The summed E-state index contributed by atoms with van der Waals surface area (Å²) in [6, 6.07) is 5.38. The molecular weight excluding hydrogens is 306 g/mol. The minimum Gasteiger partial charge on any atom is -0.335 e. The van der Waals surface area contributed by atoms with Crippen LogP contribution in [-0.2, 0) is 17.8 Å². The number of carbonyl (C=O) groups is 2. The number of amides is 3. The highest BCUT2D eigenvalue weighted by Crippen LogP contribution is 2.26. The Kier molecular flexibility index (Phi) is 4.50. The van der Waals surface area contributed by atoms with E-state index >= 15 is 0 Å². The van der Waals surface area contributed by atoms with Crippen molar-refractivity contribution in [2.75, 3.05) is 5.32 Å². The van der Waals surface area contributed by atoms with E-state index in [0.717, 1.165) is 16.8 Å². The van der Waals surface area contributed by atoms with Gasteiger partial charge in [0.05, 0.1) is 18.8 Å². The average Bonchev–Trinajstić information content (AvgIpc) is 3.13. The van der Waals surface area contributed by atoms with Gasteiger partial charge in [-0.15, -0.1) is 0 Å². The molecule has 0 saturated heterocycles. The van der Waals surface area contributed by atoms with Gasteiger partial charge in [0.2, 0.25) is 5.91 Å². The second-order valence-corrected chi connectivity index (χ2v) is 6.14. The molecule has 1 aromatic carbocycles. The lowest BCUT2D eigenvalue weighted by atomic mass is 10.0. The Bertz CT molecular complexity index is 741. The fourth-order valence-corrected chi connectivity index (χ4v) is 2.82. The zero-order valence-electron chi connectivity index (χ0n) is 13.7. The second kappa shape index (κ2) is 6.74. The molecule has 0 radical (unpaired) electrons. The van der Waals surface area contributed by atoms with E-state index in [1.165, 1.54) is 0 Å². The lowest BCUT2D eigenvalue weighted by Gasteiger charge is -2.19. The molecule has 2 atom stereocenters. The summed E-state index contributed by atoms with van der Waals surface area (Å²) in [6.45, 7) is 4.53. The van der Waals surface area contributed by atoms with Crippen LogP contribution in [0.2, 0.25) is 0 Å². The van der Waals surface area contributed by atoms with Crippen molar-refractivity contribution < 1.29 is 9.59 Å². The fraction of sp³-hybridized carbons (Fsp3) is 0.353. The minimum absolute atomic E-state index is 0.00818. The number of hydrogen-bond acceptors (Lipinski definition) is 3. The Hall–Kier alpha value is -2.83. The number of imidazole rings is 1. The third-order valence-electron chi connectivity index (χ3n) is 4.02. The van der Waals surface area contributed by atoms with Crippen molar-refractivity contribution in [2.45, 2.75) is 38.9 Å². The molecule has 126 valence electrons. The van der Waals surface area contributed by atoms with E-state index in [-0.39, 0.29) is 24.0 Å². The maximum Gasteiger partial charge on any atom is 0.315 e. The molecule has 1 aromatic heterocycles. The number of nitrogens with zero attached hydrogens (tertiary/aromatic N) is 2. The second-order valence-electron chi connectivity index (χ2n) is 6.14. The van der Waals surface area contributed by atoms with E-state index in [9.17, 15) is 9.59 Å². The lowest BCUT2D eigenvalue weighted by Crippen LogP contribution is -2.43. The van der Waals surface area contributed by atoms with Crippen LogP contribution in [-0.4, -0.2) is 27.5 Å². The molecule has 0 fully saturated rings. The molecule has 1 aliphatic rings. The lowest BCUT2D eigenvalue weighted by molar-refractivity contribution is -0.115. The van der Waals surface area contributed by atoms with E-state index in [1.807, 2.05) is 42.8 Å². The third-order valence-corrected chi connectivity index (χ3v) is 4.02. The average molecular weight is 327 g/mol. The summed E-state index contributed by atoms with van der Waals surface area (Å²) < 4.78 is 1.92. The molecule has 2 aromatic rings. The number of carbonyl (C=O) groups excluding carboxylic acids is 2. The molecule has 0 aliphatic carbocycles. The molecule has 7 heteroatoms. The van der Waals surface area contributed by atoms with E-state index in [2.05, 4.69) is 20.9 Å². The smallest absolute Gasteiger partial charge is 0.315 e. The van der Waals surface area contributed by atoms with Crippen molar-refractivity contribution in [1.82, 2.24) is 20.2 Å². The van der Waals surface area contributed by atoms with Crippen molar-refractivity contribution in [1.29, 1.82) is 0 Å². The van der Waals surface area contributed by atoms with E-state index in [4.69, 9.17) is 0 Å². The standard InChI is InChI=1S/C17H21N5O2/c1-11(9-22-6-5-18-10-22)19-17(24)20-12(2)13-3-4-15-14(7-13)8-16(23)21-15/h3-7,10-12H,8-9H2,1-2H3,(H,21,23)(H2,19,20,24). The highest BCUT2D eigenvalue weighted by atomic mass is 16.2. The number of nitrogens with one attached hydrogen (secondary N) is 3. The monoisotopic (exact) mass is 327 g/mol. The minimum atomic E-state index is -0.218. The van der Waals surface area contributed by atoms with Crippen molar-refractivity contribution in [3.05, 3.63) is 48.0 Å². The van der Waals surface area contributed by atoms with Crippen molar-refractivity contribution in [3.8, 4) is 0 Å². The Labute approximate surface area is 140 Å². The predicted octanol–water partition coefficient (Wildman–Crippen LogP) is 1.83. The third kappa shape index (κ3) is 3.73. The molecule has 0 saturated carbocycles. The van der Waals surface area contributed by atoms with Crippen LogP contribution in [0.25, 0.3) is 0 Å². The van der Waals surface area contributed by atoms with Crippen LogP contribution in [0.4, 0.5) is 10.5 Å². The summed E-state index contributed by atoms with van der Waals surface area (Å²) in [4.78, 5) is 27.5. The molecular formula is C17H21N5O2. The van der Waals surface area contributed by atoms with Gasteiger partial charge in [-0.1, -0.05) is 12.1 Å².